The predicted molar refractivity (Wildman–Crippen MR) is 107 cm³/mol. The molecule has 3 rings (SSSR count). The average molecular weight is 371 g/mol. The van der Waals surface area contributed by atoms with Crippen LogP contribution < -0.4 is 21.7 Å². The van der Waals surface area contributed by atoms with E-state index in [1.807, 2.05) is 6.07 Å². The van der Waals surface area contributed by atoms with Gasteiger partial charge in [-0.05, 0) is 38.8 Å². The van der Waals surface area contributed by atoms with E-state index in [-0.39, 0.29) is 23.4 Å². The fourth-order valence-electron chi connectivity index (χ4n) is 3.46. The van der Waals surface area contributed by atoms with Crippen molar-refractivity contribution in [3.8, 4) is 0 Å². The summed E-state index contributed by atoms with van der Waals surface area (Å²) in [6.07, 6.45) is 8.35. The molecule has 0 saturated carbocycles. The Labute approximate surface area is 159 Å². The molecule has 2 atom stereocenters. The van der Waals surface area contributed by atoms with Gasteiger partial charge in [0.15, 0.2) is 0 Å². The molecule has 0 radical (unpaired) electrons. The second-order valence-electron chi connectivity index (χ2n) is 7.48. The van der Waals surface area contributed by atoms with Crippen LogP contribution in [0.3, 0.4) is 0 Å². The standard InChI is InChI=1S/C19H29N7O/c1-3-4-8-19(2,12-23-17(27)14-6-5-9-22-14)26-16-13-7-10-21-11-15(13)24-18(20)25-16/h7,10-11,14,22H,3-6,8-9,12H2,1-2H3,(H,23,27)(H3,20,24,25,26)/t14-,19-/m0/s1. The number of fused-ring (bicyclic) bond motifs is 1. The first kappa shape index (κ1) is 19.3. The molecule has 0 aromatic carbocycles. The molecule has 0 spiro atoms. The maximum absolute atomic E-state index is 12.4. The Bertz CT molecular complexity index is 791. The highest BCUT2D eigenvalue weighted by molar-refractivity contribution is 5.89. The maximum atomic E-state index is 12.4. The van der Waals surface area contributed by atoms with Crippen LogP contribution in [0.5, 0.6) is 0 Å². The molecule has 1 aliphatic rings. The first-order valence-corrected chi connectivity index (χ1v) is 9.67. The molecule has 0 bridgehead atoms. The van der Waals surface area contributed by atoms with Crippen LogP contribution in [-0.4, -0.2) is 45.5 Å². The van der Waals surface area contributed by atoms with Crippen molar-refractivity contribution in [3.05, 3.63) is 18.5 Å². The molecule has 3 heterocycles. The Morgan fingerprint density at radius 1 is 1.44 bits per heavy atom. The third kappa shape index (κ3) is 4.82. The van der Waals surface area contributed by atoms with Crippen molar-refractivity contribution in [2.24, 2.45) is 0 Å². The summed E-state index contributed by atoms with van der Waals surface area (Å²) in [5.41, 5.74) is 6.23. The van der Waals surface area contributed by atoms with E-state index >= 15 is 0 Å². The van der Waals surface area contributed by atoms with Crippen molar-refractivity contribution in [3.63, 3.8) is 0 Å². The van der Waals surface area contributed by atoms with Gasteiger partial charge in [-0.1, -0.05) is 19.8 Å². The van der Waals surface area contributed by atoms with Gasteiger partial charge < -0.3 is 21.7 Å². The highest BCUT2D eigenvalue weighted by Crippen LogP contribution is 2.26. The minimum Gasteiger partial charge on any atom is -0.368 e. The number of anilines is 2. The molecular formula is C19H29N7O. The summed E-state index contributed by atoms with van der Waals surface area (Å²) in [6, 6.07) is 1.79. The van der Waals surface area contributed by atoms with E-state index < -0.39 is 0 Å². The zero-order valence-corrected chi connectivity index (χ0v) is 16.1. The first-order valence-electron chi connectivity index (χ1n) is 9.67. The summed E-state index contributed by atoms with van der Waals surface area (Å²) in [5, 5.41) is 10.7. The van der Waals surface area contributed by atoms with E-state index in [2.05, 4.69) is 44.7 Å². The fourth-order valence-corrected chi connectivity index (χ4v) is 3.46. The lowest BCUT2D eigenvalue weighted by atomic mass is 9.94. The van der Waals surface area contributed by atoms with Gasteiger partial charge in [0.2, 0.25) is 11.9 Å². The van der Waals surface area contributed by atoms with Gasteiger partial charge in [0.05, 0.1) is 23.3 Å². The zero-order valence-electron chi connectivity index (χ0n) is 16.1. The van der Waals surface area contributed by atoms with E-state index in [1.165, 1.54) is 0 Å². The number of rotatable bonds is 8. The SMILES string of the molecule is CCCC[C@@](C)(CNC(=O)[C@@H]1CCCN1)Nc1nc(N)nc2cnccc12. The number of amides is 1. The third-order valence-electron chi connectivity index (χ3n) is 5.05. The van der Waals surface area contributed by atoms with Gasteiger partial charge in [-0.2, -0.15) is 4.98 Å². The third-order valence-corrected chi connectivity index (χ3v) is 5.05. The summed E-state index contributed by atoms with van der Waals surface area (Å²) < 4.78 is 0. The Morgan fingerprint density at radius 2 is 2.30 bits per heavy atom. The number of nitrogens with one attached hydrogen (secondary N) is 3. The van der Waals surface area contributed by atoms with E-state index in [0.29, 0.717) is 17.9 Å². The van der Waals surface area contributed by atoms with Crippen LogP contribution in [0, 0.1) is 0 Å². The molecule has 8 nitrogen and oxygen atoms in total. The number of nitrogens with zero attached hydrogens (tertiary/aromatic N) is 3. The molecule has 2 aromatic rings. The van der Waals surface area contributed by atoms with Crippen LogP contribution >= 0.6 is 0 Å². The molecule has 0 unspecified atom stereocenters. The number of carbonyl (C=O) groups excluding carboxylic acids is 1. The number of nitrogen functional groups attached to an aromatic ring is 1. The summed E-state index contributed by atoms with van der Waals surface area (Å²) >= 11 is 0. The van der Waals surface area contributed by atoms with Crippen molar-refractivity contribution >= 4 is 28.6 Å². The van der Waals surface area contributed by atoms with Gasteiger partial charge in [-0.15, -0.1) is 0 Å². The lowest BCUT2D eigenvalue weighted by Crippen LogP contribution is -2.50. The topological polar surface area (TPSA) is 118 Å². The molecule has 1 amide bonds. The molecule has 5 N–H and O–H groups in total. The number of unbranched alkanes of at least 4 members (excludes halogenated alkanes) is 1. The quantitative estimate of drug-likeness (QED) is 0.559. The fraction of sp³-hybridized carbons (Fsp3) is 0.579. The van der Waals surface area contributed by atoms with Crippen LogP contribution in [0.2, 0.25) is 0 Å². The Hall–Kier alpha value is -2.48. The number of aromatic nitrogens is 3. The average Bonchev–Trinajstić information content (AvgIpc) is 3.19. The summed E-state index contributed by atoms with van der Waals surface area (Å²) in [7, 11) is 0. The zero-order chi connectivity index (χ0) is 19.3. The second-order valence-corrected chi connectivity index (χ2v) is 7.48. The molecule has 2 aromatic heterocycles. The molecular weight excluding hydrogens is 342 g/mol. The Balaban J connectivity index is 1.78. The normalized spacial score (nSPS) is 19.0. The Morgan fingerprint density at radius 3 is 3.04 bits per heavy atom. The highest BCUT2D eigenvalue weighted by Gasteiger charge is 2.28. The van der Waals surface area contributed by atoms with Crippen LogP contribution in [0.25, 0.3) is 10.9 Å². The molecule has 0 aliphatic carbocycles. The molecule has 1 fully saturated rings. The van der Waals surface area contributed by atoms with E-state index in [1.54, 1.807) is 12.4 Å². The van der Waals surface area contributed by atoms with Crippen molar-refractivity contribution in [2.75, 3.05) is 24.1 Å². The van der Waals surface area contributed by atoms with Crippen molar-refractivity contribution in [1.82, 2.24) is 25.6 Å². The minimum absolute atomic E-state index is 0.0632. The lowest BCUT2D eigenvalue weighted by Gasteiger charge is -2.32. The Kier molecular flexibility index (Phi) is 6.05. The summed E-state index contributed by atoms with van der Waals surface area (Å²) in [6.45, 7) is 5.69. The van der Waals surface area contributed by atoms with Crippen LogP contribution in [0.4, 0.5) is 11.8 Å². The molecule has 1 saturated heterocycles. The molecule has 146 valence electrons. The van der Waals surface area contributed by atoms with Gasteiger partial charge in [0, 0.05) is 18.1 Å². The smallest absolute Gasteiger partial charge is 0.237 e. The molecule has 1 aliphatic heterocycles. The minimum atomic E-state index is -0.346. The van der Waals surface area contributed by atoms with Crippen molar-refractivity contribution < 1.29 is 4.79 Å². The summed E-state index contributed by atoms with van der Waals surface area (Å²) in [4.78, 5) is 25.2. The first-order chi connectivity index (χ1) is 13.0. The van der Waals surface area contributed by atoms with Gasteiger partial charge in [-0.3, -0.25) is 9.78 Å². The van der Waals surface area contributed by atoms with Gasteiger partial charge in [0.25, 0.3) is 0 Å². The second kappa shape index (κ2) is 8.47. The van der Waals surface area contributed by atoms with Gasteiger partial charge >= 0.3 is 0 Å². The lowest BCUT2D eigenvalue weighted by molar-refractivity contribution is -0.123. The van der Waals surface area contributed by atoms with Crippen LogP contribution in [-0.2, 0) is 4.79 Å². The number of hydrogen-bond donors (Lipinski definition) is 4. The van der Waals surface area contributed by atoms with Gasteiger partial charge in [0.1, 0.15) is 5.82 Å². The number of carbonyl (C=O) groups is 1. The van der Waals surface area contributed by atoms with Crippen LogP contribution in [0.1, 0.15) is 46.0 Å². The largest absolute Gasteiger partial charge is 0.368 e. The van der Waals surface area contributed by atoms with E-state index in [4.69, 9.17) is 5.73 Å². The number of hydrogen-bond acceptors (Lipinski definition) is 7. The van der Waals surface area contributed by atoms with E-state index in [9.17, 15) is 4.79 Å². The van der Waals surface area contributed by atoms with Gasteiger partial charge in [-0.25, -0.2) is 4.98 Å². The van der Waals surface area contributed by atoms with E-state index in [0.717, 1.165) is 44.0 Å². The monoisotopic (exact) mass is 371 g/mol. The number of pyridine rings is 1. The highest BCUT2D eigenvalue weighted by atomic mass is 16.2. The number of nitrogens with two attached hydrogens (primary N) is 1. The van der Waals surface area contributed by atoms with Crippen LogP contribution in [0.15, 0.2) is 18.5 Å². The summed E-state index contributed by atoms with van der Waals surface area (Å²) in [5.74, 6) is 0.940. The van der Waals surface area contributed by atoms with Crippen molar-refractivity contribution in [2.45, 2.75) is 57.5 Å². The van der Waals surface area contributed by atoms with Crippen molar-refractivity contribution in [1.29, 1.82) is 0 Å². The maximum Gasteiger partial charge on any atom is 0.237 e. The predicted octanol–water partition coefficient (Wildman–Crippen LogP) is 1.84. The molecule has 27 heavy (non-hydrogen) atoms. The molecule has 8 heteroatoms.